The lowest BCUT2D eigenvalue weighted by molar-refractivity contribution is -0.146. The largest absolute Gasteiger partial charge is 0.468 e. The van der Waals surface area contributed by atoms with Crippen LogP contribution < -0.4 is 5.32 Å². The Bertz CT molecular complexity index is 231. The fraction of sp³-hybridized carbons (Fsp3) is 0.909. The number of likely N-dealkylation sites (N-methyl/N-ethyl adjacent to an activating group) is 1. The molecule has 0 aliphatic carbocycles. The maximum absolute atomic E-state index is 11.6. The van der Waals surface area contributed by atoms with E-state index in [0.29, 0.717) is 5.25 Å². The molecule has 0 aromatic heterocycles. The maximum Gasteiger partial charge on any atom is 0.326 e. The Kier molecular flexibility index (Phi) is 5.58. The Labute approximate surface area is 101 Å². The summed E-state index contributed by atoms with van der Waals surface area (Å²) >= 11 is 1.83. The number of nitrogens with one attached hydrogen (secondary N) is 1. The van der Waals surface area contributed by atoms with Crippen LogP contribution in [-0.2, 0) is 14.3 Å². The van der Waals surface area contributed by atoms with Crippen molar-refractivity contribution in [1.82, 2.24) is 5.32 Å². The van der Waals surface area contributed by atoms with Gasteiger partial charge in [0.1, 0.15) is 5.54 Å². The van der Waals surface area contributed by atoms with Crippen molar-refractivity contribution in [2.45, 2.75) is 30.6 Å². The van der Waals surface area contributed by atoms with E-state index >= 15 is 0 Å². The summed E-state index contributed by atoms with van der Waals surface area (Å²) in [6, 6.07) is 0. The number of carbonyl (C=O) groups excluding carboxylic acids is 1. The molecule has 0 aromatic carbocycles. The minimum Gasteiger partial charge on any atom is -0.468 e. The molecule has 1 atom stereocenters. The second-order valence-electron chi connectivity index (χ2n) is 4.20. The van der Waals surface area contributed by atoms with E-state index in [1.807, 2.05) is 18.7 Å². The molecule has 1 N–H and O–H groups in total. The second kappa shape index (κ2) is 6.47. The lowest BCUT2D eigenvalue weighted by Crippen LogP contribution is -2.51. The van der Waals surface area contributed by atoms with Gasteiger partial charge in [-0.3, -0.25) is 4.79 Å². The van der Waals surface area contributed by atoms with Gasteiger partial charge in [0.2, 0.25) is 0 Å². The summed E-state index contributed by atoms with van der Waals surface area (Å²) in [5.41, 5.74) is -0.586. The monoisotopic (exact) mass is 247 g/mol. The van der Waals surface area contributed by atoms with Crippen molar-refractivity contribution in [3.63, 3.8) is 0 Å². The van der Waals surface area contributed by atoms with Crippen molar-refractivity contribution in [1.29, 1.82) is 0 Å². The Morgan fingerprint density at radius 1 is 1.56 bits per heavy atom. The Morgan fingerprint density at radius 2 is 2.19 bits per heavy atom. The van der Waals surface area contributed by atoms with Crippen molar-refractivity contribution in [3.05, 3.63) is 0 Å². The molecule has 16 heavy (non-hydrogen) atoms. The highest BCUT2D eigenvalue weighted by molar-refractivity contribution is 8.00. The lowest BCUT2D eigenvalue weighted by Gasteiger charge is -2.29. The van der Waals surface area contributed by atoms with Gasteiger partial charge in [-0.2, -0.15) is 11.8 Å². The minimum atomic E-state index is -0.586. The summed E-state index contributed by atoms with van der Waals surface area (Å²) in [7, 11) is 3.22. The van der Waals surface area contributed by atoms with E-state index in [1.165, 1.54) is 7.11 Å². The molecule has 1 fully saturated rings. The molecule has 4 nitrogen and oxygen atoms in total. The van der Waals surface area contributed by atoms with Crippen LogP contribution in [-0.4, -0.2) is 49.9 Å². The lowest BCUT2D eigenvalue weighted by atomic mass is 10.1. The van der Waals surface area contributed by atoms with Crippen molar-refractivity contribution >= 4 is 17.7 Å². The summed E-state index contributed by atoms with van der Waals surface area (Å²) in [6.07, 6.45) is 2.15. The first kappa shape index (κ1) is 13.8. The predicted octanol–water partition coefficient (Wildman–Crippen LogP) is 1.05. The number of methoxy groups -OCH3 is 1. The Hall–Kier alpha value is -0.260. The van der Waals surface area contributed by atoms with Crippen LogP contribution >= 0.6 is 11.8 Å². The molecule has 1 aliphatic rings. The quantitative estimate of drug-likeness (QED) is 0.736. The molecule has 0 saturated carbocycles. The van der Waals surface area contributed by atoms with Crippen molar-refractivity contribution < 1.29 is 14.3 Å². The molecule has 0 spiro atoms. The average Bonchev–Trinajstić information content (AvgIpc) is 2.36. The van der Waals surface area contributed by atoms with Crippen molar-refractivity contribution in [2.24, 2.45) is 0 Å². The minimum absolute atomic E-state index is 0.199. The first-order chi connectivity index (χ1) is 7.62. The highest BCUT2D eigenvalue weighted by Gasteiger charge is 2.33. The number of hydrogen-bond donors (Lipinski definition) is 1. The summed E-state index contributed by atoms with van der Waals surface area (Å²) in [6.45, 7) is 3.56. The van der Waals surface area contributed by atoms with Crippen LogP contribution in [0.4, 0.5) is 0 Å². The van der Waals surface area contributed by atoms with Gasteiger partial charge in [0.15, 0.2) is 0 Å². The molecular weight excluding hydrogens is 226 g/mol. The highest BCUT2D eigenvalue weighted by atomic mass is 32.2. The van der Waals surface area contributed by atoms with E-state index in [-0.39, 0.29) is 5.97 Å². The molecule has 5 heteroatoms. The molecule has 0 amide bonds. The second-order valence-corrected chi connectivity index (χ2v) is 5.49. The van der Waals surface area contributed by atoms with Crippen LogP contribution in [0.25, 0.3) is 0 Å². The van der Waals surface area contributed by atoms with Crippen LogP contribution in [0, 0.1) is 0 Å². The predicted molar refractivity (Wildman–Crippen MR) is 65.8 cm³/mol. The molecule has 0 bridgehead atoms. The summed E-state index contributed by atoms with van der Waals surface area (Å²) in [5, 5.41) is 3.64. The van der Waals surface area contributed by atoms with Crippen molar-refractivity contribution in [2.75, 3.05) is 33.1 Å². The van der Waals surface area contributed by atoms with Crippen molar-refractivity contribution in [3.8, 4) is 0 Å². The van der Waals surface area contributed by atoms with E-state index in [1.54, 1.807) is 7.05 Å². The zero-order valence-corrected chi connectivity index (χ0v) is 11.1. The number of esters is 1. The number of carbonyl (C=O) groups is 1. The van der Waals surface area contributed by atoms with Gasteiger partial charge >= 0.3 is 5.97 Å². The molecule has 1 rings (SSSR count). The van der Waals surface area contributed by atoms with Gasteiger partial charge in [-0.05, 0) is 26.8 Å². The van der Waals surface area contributed by atoms with E-state index in [4.69, 9.17) is 9.47 Å². The molecule has 94 valence electrons. The topological polar surface area (TPSA) is 47.6 Å². The fourth-order valence-electron chi connectivity index (χ4n) is 1.59. The Morgan fingerprint density at radius 3 is 2.69 bits per heavy atom. The normalized spacial score (nSPS) is 21.4. The molecule has 0 radical (unpaired) electrons. The van der Waals surface area contributed by atoms with Crippen LogP contribution in [0.2, 0.25) is 0 Å². The molecule has 1 unspecified atom stereocenters. The first-order valence-corrected chi connectivity index (χ1v) is 6.64. The molecule has 0 aromatic rings. The van der Waals surface area contributed by atoms with E-state index in [9.17, 15) is 4.79 Å². The third-order valence-corrected chi connectivity index (χ3v) is 4.65. The zero-order chi connectivity index (χ0) is 12.0. The first-order valence-electron chi connectivity index (χ1n) is 5.59. The Balaban J connectivity index is 2.40. The van der Waals surface area contributed by atoms with Crippen LogP contribution in [0.1, 0.15) is 19.8 Å². The highest BCUT2D eigenvalue weighted by Crippen LogP contribution is 2.25. The number of ether oxygens (including phenoxy) is 2. The van der Waals surface area contributed by atoms with Gasteiger partial charge < -0.3 is 14.8 Å². The standard InChI is InChI=1S/C11H21NO3S/c1-11(12-2,10(13)14-3)8-16-9-4-6-15-7-5-9/h9,12H,4-8H2,1-3H3. The van der Waals surface area contributed by atoms with Crippen LogP contribution in [0.3, 0.4) is 0 Å². The molecule has 1 aliphatic heterocycles. The van der Waals surface area contributed by atoms with Crippen LogP contribution in [0.15, 0.2) is 0 Å². The summed E-state index contributed by atoms with van der Waals surface area (Å²) in [5.74, 6) is 0.537. The smallest absolute Gasteiger partial charge is 0.326 e. The van der Waals surface area contributed by atoms with E-state index in [0.717, 1.165) is 31.8 Å². The maximum atomic E-state index is 11.6. The third kappa shape index (κ3) is 3.64. The number of rotatable bonds is 5. The van der Waals surface area contributed by atoms with E-state index < -0.39 is 5.54 Å². The van der Waals surface area contributed by atoms with E-state index in [2.05, 4.69) is 5.32 Å². The molecular formula is C11H21NO3S. The van der Waals surface area contributed by atoms with Gasteiger partial charge in [-0.15, -0.1) is 0 Å². The molecule has 1 heterocycles. The van der Waals surface area contributed by atoms with Gasteiger partial charge in [-0.25, -0.2) is 0 Å². The average molecular weight is 247 g/mol. The van der Waals surface area contributed by atoms with Gasteiger partial charge in [-0.1, -0.05) is 0 Å². The summed E-state index contributed by atoms with van der Waals surface area (Å²) in [4.78, 5) is 11.6. The third-order valence-electron chi connectivity index (χ3n) is 2.96. The zero-order valence-electron chi connectivity index (χ0n) is 10.2. The number of hydrogen-bond acceptors (Lipinski definition) is 5. The number of thioether (sulfide) groups is 1. The fourth-order valence-corrected chi connectivity index (χ4v) is 2.94. The molecule has 1 saturated heterocycles. The van der Waals surface area contributed by atoms with Gasteiger partial charge in [0, 0.05) is 24.2 Å². The SMILES string of the molecule is CNC(C)(CSC1CCOCC1)C(=O)OC. The summed E-state index contributed by atoms with van der Waals surface area (Å²) < 4.78 is 10.1. The van der Waals surface area contributed by atoms with Gasteiger partial charge in [0.25, 0.3) is 0 Å². The van der Waals surface area contributed by atoms with Gasteiger partial charge in [0.05, 0.1) is 7.11 Å². The van der Waals surface area contributed by atoms with Crippen LogP contribution in [0.5, 0.6) is 0 Å².